The number of hydrogen-bond acceptors (Lipinski definition) is 3. The van der Waals surface area contributed by atoms with Gasteiger partial charge in [0.1, 0.15) is 5.75 Å². The molecule has 0 radical (unpaired) electrons. The minimum absolute atomic E-state index is 0.0162. The Morgan fingerprint density at radius 1 is 1.08 bits per heavy atom. The fraction of sp³-hybridized carbons (Fsp3) is 0.300. The molecule has 0 bridgehead atoms. The summed E-state index contributed by atoms with van der Waals surface area (Å²) in [6, 6.07) is 13.2. The Morgan fingerprint density at radius 3 is 2.40 bits per heavy atom. The summed E-state index contributed by atoms with van der Waals surface area (Å²) in [6.07, 6.45) is 0.247. The van der Waals surface area contributed by atoms with Crippen LogP contribution in [-0.4, -0.2) is 37.4 Å². The molecule has 2 aromatic rings. The second-order valence-corrected chi connectivity index (χ2v) is 6.14. The molecule has 0 fully saturated rings. The molecule has 132 valence electrons. The molecule has 0 aliphatic rings. The first kappa shape index (κ1) is 18.5. The van der Waals surface area contributed by atoms with E-state index in [-0.39, 0.29) is 24.8 Å². The van der Waals surface area contributed by atoms with E-state index < -0.39 is 0 Å². The number of methoxy groups -OCH3 is 1. The minimum Gasteiger partial charge on any atom is -0.497 e. The van der Waals surface area contributed by atoms with Crippen molar-refractivity contribution in [2.24, 2.45) is 0 Å². The Morgan fingerprint density at radius 2 is 1.76 bits per heavy atom. The van der Waals surface area contributed by atoms with Crippen LogP contribution in [-0.2, 0) is 16.0 Å². The Bertz CT molecular complexity index is 754. The third kappa shape index (κ3) is 5.35. The van der Waals surface area contributed by atoms with Gasteiger partial charge in [-0.15, -0.1) is 0 Å². The van der Waals surface area contributed by atoms with Crippen LogP contribution in [0.15, 0.2) is 42.5 Å². The summed E-state index contributed by atoms with van der Waals surface area (Å²) in [4.78, 5) is 25.9. The number of benzene rings is 2. The lowest BCUT2D eigenvalue weighted by Gasteiger charge is -2.17. The van der Waals surface area contributed by atoms with Crippen molar-refractivity contribution in [1.29, 1.82) is 0 Å². The summed E-state index contributed by atoms with van der Waals surface area (Å²) in [5, 5.41) is 2.87. The normalized spacial score (nSPS) is 10.2. The van der Waals surface area contributed by atoms with Crippen LogP contribution in [0.2, 0.25) is 0 Å². The van der Waals surface area contributed by atoms with Gasteiger partial charge in [-0.1, -0.05) is 24.3 Å². The van der Waals surface area contributed by atoms with Crippen molar-refractivity contribution in [3.8, 4) is 5.75 Å². The molecule has 0 aromatic heterocycles. The van der Waals surface area contributed by atoms with Crippen molar-refractivity contribution < 1.29 is 14.3 Å². The van der Waals surface area contributed by atoms with Gasteiger partial charge in [-0.05, 0) is 48.7 Å². The average molecular weight is 340 g/mol. The van der Waals surface area contributed by atoms with Gasteiger partial charge in [-0.25, -0.2) is 0 Å². The molecular formula is C20H24N2O3. The summed E-state index contributed by atoms with van der Waals surface area (Å²) in [7, 11) is 3.23. The highest BCUT2D eigenvalue weighted by atomic mass is 16.5. The predicted molar refractivity (Wildman–Crippen MR) is 98.9 cm³/mol. The average Bonchev–Trinajstić information content (AvgIpc) is 2.58. The zero-order chi connectivity index (χ0) is 18.4. The maximum absolute atomic E-state index is 12.3. The molecule has 1 N–H and O–H groups in total. The molecule has 0 unspecified atom stereocenters. The highest BCUT2D eigenvalue weighted by molar-refractivity contribution is 5.95. The highest BCUT2D eigenvalue weighted by Crippen LogP contribution is 2.16. The van der Waals surface area contributed by atoms with E-state index in [9.17, 15) is 9.59 Å². The molecule has 0 saturated heterocycles. The molecule has 25 heavy (non-hydrogen) atoms. The summed E-state index contributed by atoms with van der Waals surface area (Å²) in [5.74, 6) is 0.429. The predicted octanol–water partition coefficient (Wildman–Crippen LogP) is 2.95. The zero-order valence-corrected chi connectivity index (χ0v) is 15.1. The van der Waals surface area contributed by atoms with Gasteiger partial charge in [-0.3, -0.25) is 9.59 Å². The molecule has 2 amide bonds. The molecule has 0 saturated carbocycles. The Balaban J connectivity index is 1.91. The van der Waals surface area contributed by atoms with Crippen molar-refractivity contribution in [2.75, 3.05) is 26.0 Å². The van der Waals surface area contributed by atoms with Gasteiger partial charge in [-0.2, -0.15) is 0 Å². The van der Waals surface area contributed by atoms with Gasteiger partial charge in [0.05, 0.1) is 20.1 Å². The SMILES string of the molecule is COc1ccc(CC(=O)N(C)CC(=O)Nc2cc(C)ccc2C)cc1. The molecule has 2 rings (SSSR count). The zero-order valence-electron chi connectivity index (χ0n) is 15.1. The molecular weight excluding hydrogens is 316 g/mol. The van der Waals surface area contributed by atoms with Crippen molar-refractivity contribution in [1.82, 2.24) is 4.90 Å². The largest absolute Gasteiger partial charge is 0.497 e. The standard InChI is InChI=1S/C20H24N2O3/c1-14-5-6-15(2)18(11-14)21-19(23)13-22(3)20(24)12-16-7-9-17(25-4)10-8-16/h5-11H,12-13H2,1-4H3,(H,21,23). The fourth-order valence-electron chi connectivity index (χ4n) is 2.42. The number of carbonyl (C=O) groups is 2. The van der Waals surface area contributed by atoms with Crippen molar-refractivity contribution >= 4 is 17.5 Å². The van der Waals surface area contributed by atoms with E-state index in [0.29, 0.717) is 0 Å². The second kappa shape index (κ2) is 8.33. The molecule has 0 spiro atoms. The summed E-state index contributed by atoms with van der Waals surface area (Å²) < 4.78 is 5.10. The summed E-state index contributed by atoms with van der Waals surface area (Å²) in [5.41, 5.74) is 3.73. The number of rotatable bonds is 6. The molecule has 2 aromatic carbocycles. The van der Waals surface area contributed by atoms with Gasteiger partial charge >= 0.3 is 0 Å². The van der Waals surface area contributed by atoms with Crippen molar-refractivity contribution in [3.05, 3.63) is 59.2 Å². The number of anilines is 1. The van der Waals surface area contributed by atoms with Crippen molar-refractivity contribution in [2.45, 2.75) is 20.3 Å². The molecule has 5 nitrogen and oxygen atoms in total. The monoisotopic (exact) mass is 340 g/mol. The van der Waals surface area contributed by atoms with Gasteiger partial charge in [0.25, 0.3) is 0 Å². The van der Waals surface area contributed by atoms with E-state index >= 15 is 0 Å². The molecule has 0 atom stereocenters. The first-order chi connectivity index (χ1) is 11.9. The molecule has 0 aliphatic heterocycles. The Hall–Kier alpha value is -2.82. The lowest BCUT2D eigenvalue weighted by atomic mass is 10.1. The first-order valence-electron chi connectivity index (χ1n) is 8.13. The second-order valence-electron chi connectivity index (χ2n) is 6.14. The van der Waals surface area contributed by atoms with E-state index in [4.69, 9.17) is 4.74 Å². The van der Waals surface area contributed by atoms with E-state index in [0.717, 1.165) is 28.1 Å². The lowest BCUT2D eigenvalue weighted by molar-refractivity contribution is -0.132. The first-order valence-corrected chi connectivity index (χ1v) is 8.13. The summed E-state index contributed by atoms with van der Waals surface area (Å²) in [6.45, 7) is 3.93. The van der Waals surface area contributed by atoms with Crippen LogP contribution in [0.5, 0.6) is 5.75 Å². The number of nitrogens with zero attached hydrogens (tertiary/aromatic N) is 1. The van der Waals surface area contributed by atoms with Gasteiger partial charge in [0, 0.05) is 12.7 Å². The number of likely N-dealkylation sites (N-methyl/N-ethyl adjacent to an activating group) is 1. The van der Waals surface area contributed by atoms with E-state index in [1.807, 2.05) is 56.3 Å². The van der Waals surface area contributed by atoms with Gasteiger partial charge in [0.2, 0.25) is 11.8 Å². The highest BCUT2D eigenvalue weighted by Gasteiger charge is 2.14. The Kier molecular flexibility index (Phi) is 6.17. The van der Waals surface area contributed by atoms with Crippen LogP contribution in [0, 0.1) is 13.8 Å². The third-order valence-corrected chi connectivity index (χ3v) is 3.99. The van der Waals surface area contributed by atoms with Gasteiger partial charge < -0.3 is 15.0 Å². The molecule has 0 aliphatic carbocycles. The number of carbonyl (C=O) groups excluding carboxylic acids is 2. The number of ether oxygens (including phenoxy) is 1. The quantitative estimate of drug-likeness (QED) is 0.879. The van der Waals surface area contributed by atoms with Crippen LogP contribution < -0.4 is 10.1 Å². The number of aryl methyl sites for hydroxylation is 2. The third-order valence-electron chi connectivity index (χ3n) is 3.99. The smallest absolute Gasteiger partial charge is 0.243 e. The van der Waals surface area contributed by atoms with E-state index in [1.54, 1.807) is 14.2 Å². The topological polar surface area (TPSA) is 58.6 Å². The van der Waals surface area contributed by atoms with Crippen LogP contribution in [0.1, 0.15) is 16.7 Å². The molecule has 5 heteroatoms. The van der Waals surface area contributed by atoms with E-state index in [2.05, 4.69) is 5.32 Å². The number of hydrogen-bond donors (Lipinski definition) is 1. The number of nitrogens with one attached hydrogen (secondary N) is 1. The van der Waals surface area contributed by atoms with Crippen LogP contribution >= 0.6 is 0 Å². The van der Waals surface area contributed by atoms with Crippen LogP contribution in [0.25, 0.3) is 0 Å². The van der Waals surface area contributed by atoms with Gasteiger partial charge in [0.15, 0.2) is 0 Å². The summed E-state index contributed by atoms with van der Waals surface area (Å²) >= 11 is 0. The molecule has 0 heterocycles. The maximum atomic E-state index is 12.3. The maximum Gasteiger partial charge on any atom is 0.243 e. The van der Waals surface area contributed by atoms with Crippen LogP contribution in [0.3, 0.4) is 0 Å². The minimum atomic E-state index is -0.209. The Labute approximate surface area is 148 Å². The number of amides is 2. The fourth-order valence-corrected chi connectivity index (χ4v) is 2.42. The van der Waals surface area contributed by atoms with E-state index in [1.165, 1.54) is 4.90 Å². The van der Waals surface area contributed by atoms with Crippen molar-refractivity contribution in [3.63, 3.8) is 0 Å². The lowest BCUT2D eigenvalue weighted by Crippen LogP contribution is -2.35. The van der Waals surface area contributed by atoms with Crippen LogP contribution in [0.4, 0.5) is 5.69 Å².